The number of ether oxygens (including phenoxy) is 4. The molecule has 8 heteroatoms. The van der Waals surface area contributed by atoms with Gasteiger partial charge in [-0.25, -0.2) is 0 Å². The predicted octanol–water partition coefficient (Wildman–Crippen LogP) is 2.33. The highest BCUT2D eigenvalue weighted by Gasteiger charge is 2.16. The smallest absolute Gasteiger partial charge is 0.269 e. The van der Waals surface area contributed by atoms with E-state index in [2.05, 4.69) is 10.9 Å². The third kappa shape index (κ3) is 4.46. The van der Waals surface area contributed by atoms with Gasteiger partial charge in [-0.3, -0.25) is 20.4 Å². The summed E-state index contributed by atoms with van der Waals surface area (Å²) in [7, 11) is 1.49. The van der Waals surface area contributed by atoms with Crippen LogP contribution in [0.2, 0.25) is 0 Å². The molecule has 2 amide bonds. The lowest BCUT2D eigenvalue weighted by Crippen LogP contribution is -2.41. The lowest BCUT2D eigenvalue weighted by Gasteiger charge is -2.18. The Morgan fingerprint density at radius 1 is 0.893 bits per heavy atom. The van der Waals surface area contributed by atoms with Crippen LogP contribution >= 0.6 is 0 Å². The standard InChI is InChI=1S/C20H22N2O6/c1-12(2)28-16-7-5-13(10-17(16)25-3)19(23)21-22-20(24)14-4-6-15-18(11-14)27-9-8-26-15/h4-7,10-12H,8-9H2,1-3H3,(H,21,23)(H,22,24). The summed E-state index contributed by atoms with van der Waals surface area (Å²) in [5.74, 6) is 1.09. The molecule has 2 N–H and O–H groups in total. The molecule has 1 heterocycles. The van der Waals surface area contributed by atoms with Crippen LogP contribution in [0.15, 0.2) is 36.4 Å². The van der Waals surface area contributed by atoms with E-state index in [4.69, 9.17) is 18.9 Å². The molecule has 0 spiro atoms. The van der Waals surface area contributed by atoms with Gasteiger partial charge in [0.05, 0.1) is 13.2 Å². The molecule has 0 unspecified atom stereocenters. The maximum absolute atomic E-state index is 12.3. The SMILES string of the molecule is COc1cc(C(=O)NNC(=O)c2ccc3c(c2)OCCO3)ccc1OC(C)C. The normalized spacial score (nSPS) is 12.3. The zero-order valence-corrected chi connectivity index (χ0v) is 15.9. The van der Waals surface area contributed by atoms with Crippen molar-refractivity contribution in [3.05, 3.63) is 47.5 Å². The van der Waals surface area contributed by atoms with Crippen LogP contribution in [0.5, 0.6) is 23.0 Å². The van der Waals surface area contributed by atoms with Crippen LogP contribution in [0.25, 0.3) is 0 Å². The van der Waals surface area contributed by atoms with Gasteiger partial charge in [0.25, 0.3) is 11.8 Å². The molecule has 1 aliphatic heterocycles. The molecule has 0 saturated carbocycles. The van der Waals surface area contributed by atoms with Crippen molar-refractivity contribution in [2.45, 2.75) is 20.0 Å². The third-order valence-electron chi connectivity index (χ3n) is 3.88. The number of carbonyl (C=O) groups excluding carboxylic acids is 2. The van der Waals surface area contributed by atoms with Gasteiger partial charge in [0.1, 0.15) is 13.2 Å². The minimum atomic E-state index is -0.486. The molecule has 0 atom stereocenters. The quantitative estimate of drug-likeness (QED) is 0.766. The Hall–Kier alpha value is -3.42. The molecule has 2 aromatic carbocycles. The maximum Gasteiger partial charge on any atom is 0.269 e. The zero-order chi connectivity index (χ0) is 20.1. The van der Waals surface area contributed by atoms with Gasteiger partial charge < -0.3 is 18.9 Å². The molecule has 2 aromatic rings. The molecule has 0 bridgehead atoms. The first kappa shape index (κ1) is 19.3. The number of methoxy groups -OCH3 is 1. The Morgan fingerprint density at radius 3 is 2.14 bits per heavy atom. The van der Waals surface area contributed by atoms with Crippen molar-refractivity contribution in [3.8, 4) is 23.0 Å². The number of fused-ring (bicyclic) bond motifs is 1. The van der Waals surface area contributed by atoms with Gasteiger partial charge in [0.2, 0.25) is 0 Å². The monoisotopic (exact) mass is 386 g/mol. The highest BCUT2D eigenvalue weighted by atomic mass is 16.6. The van der Waals surface area contributed by atoms with Gasteiger partial charge in [-0.1, -0.05) is 0 Å². The number of hydrazine groups is 1. The summed E-state index contributed by atoms with van der Waals surface area (Å²) in [5.41, 5.74) is 5.41. The summed E-state index contributed by atoms with van der Waals surface area (Å²) < 4.78 is 21.8. The lowest BCUT2D eigenvalue weighted by molar-refractivity contribution is 0.0846. The Balaban J connectivity index is 1.64. The number of rotatable bonds is 5. The fraction of sp³-hybridized carbons (Fsp3) is 0.300. The Kier molecular flexibility index (Phi) is 5.88. The Morgan fingerprint density at radius 2 is 1.50 bits per heavy atom. The highest BCUT2D eigenvalue weighted by molar-refractivity contribution is 5.99. The number of hydrogen-bond donors (Lipinski definition) is 2. The Labute approximate surface area is 162 Å². The van der Waals surface area contributed by atoms with Crippen LogP contribution < -0.4 is 29.8 Å². The number of hydrogen-bond acceptors (Lipinski definition) is 6. The third-order valence-corrected chi connectivity index (χ3v) is 3.88. The van der Waals surface area contributed by atoms with Gasteiger partial charge in [-0.05, 0) is 50.2 Å². The van der Waals surface area contributed by atoms with E-state index in [1.807, 2.05) is 13.8 Å². The van der Waals surface area contributed by atoms with E-state index in [-0.39, 0.29) is 6.10 Å². The summed E-state index contributed by atoms with van der Waals surface area (Å²) in [6, 6.07) is 9.60. The number of carbonyl (C=O) groups is 2. The summed E-state index contributed by atoms with van der Waals surface area (Å²) in [6.07, 6.45) is -0.0288. The number of amides is 2. The maximum atomic E-state index is 12.3. The molecular weight excluding hydrogens is 364 g/mol. The molecule has 3 rings (SSSR count). The van der Waals surface area contributed by atoms with E-state index < -0.39 is 11.8 Å². The van der Waals surface area contributed by atoms with Crippen LogP contribution in [0.3, 0.4) is 0 Å². The van der Waals surface area contributed by atoms with E-state index in [1.165, 1.54) is 7.11 Å². The summed E-state index contributed by atoms with van der Waals surface area (Å²) in [4.78, 5) is 24.6. The number of nitrogens with one attached hydrogen (secondary N) is 2. The van der Waals surface area contributed by atoms with E-state index in [1.54, 1.807) is 36.4 Å². The van der Waals surface area contributed by atoms with E-state index in [9.17, 15) is 9.59 Å². The second-order valence-electron chi connectivity index (χ2n) is 6.30. The van der Waals surface area contributed by atoms with Crippen molar-refractivity contribution in [1.29, 1.82) is 0 Å². The van der Waals surface area contributed by atoms with Crippen molar-refractivity contribution in [2.24, 2.45) is 0 Å². The zero-order valence-electron chi connectivity index (χ0n) is 15.9. The molecule has 0 fully saturated rings. The van der Waals surface area contributed by atoms with Gasteiger partial charge in [0, 0.05) is 11.1 Å². The molecule has 0 aromatic heterocycles. The van der Waals surface area contributed by atoms with Gasteiger partial charge in [0.15, 0.2) is 23.0 Å². The molecule has 8 nitrogen and oxygen atoms in total. The largest absolute Gasteiger partial charge is 0.493 e. The topological polar surface area (TPSA) is 95.1 Å². The molecule has 28 heavy (non-hydrogen) atoms. The van der Waals surface area contributed by atoms with E-state index in [0.717, 1.165) is 0 Å². The van der Waals surface area contributed by atoms with Gasteiger partial charge in [-0.2, -0.15) is 0 Å². The fourth-order valence-electron chi connectivity index (χ4n) is 2.60. The first-order valence-corrected chi connectivity index (χ1v) is 8.83. The molecule has 0 aliphatic carbocycles. The average molecular weight is 386 g/mol. The second kappa shape index (κ2) is 8.51. The van der Waals surface area contributed by atoms with Crippen LogP contribution in [0, 0.1) is 0 Å². The van der Waals surface area contributed by atoms with Crippen LogP contribution in [0.4, 0.5) is 0 Å². The van der Waals surface area contributed by atoms with E-state index >= 15 is 0 Å². The van der Waals surface area contributed by atoms with Crippen LogP contribution in [0.1, 0.15) is 34.6 Å². The van der Waals surface area contributed by atoms with Crippen molar-refractivity contribution in [2.75, 3.05) is 20.3 Å². The van der Waals surface area contributed by atoms with E-state index in [0.29, 0.717) is 47.3 Å². The molecular formula is C20H22N2O6. The van der Waals surface area contributed by atoms with Gasteiger partial charge in [-0.15, -0.1) is 0 Å². The summed E-state index contributed by atoms with van der Waals surface area (Å²) >= 11 is 0. The lowest BCUT2D eigenvalue weighted by atomic mass is 10.2. The Bertz CT molecular complexity index is 881. The van der Waals surface area contributed by atoms with Crippen molar-refractivity contribution in [1.82, 2.24) is 10.9 Å². The fourth-order valence-corrected chi connectivity index (χ4v) is 2.60. The molecule has 1 aliphatic rings. The van der Waals surface area contributed by atoms with Crippen molar-refractivity contribution >= 4 is 11.8 Å². The van der Waals surface area contributed by atoms with Crippen molar-refractivity contribution < 1.29 is 28.5 Å². The number of benzene rings is 2. The predicted molar refractivity (Wildman–Crippen MR) is 101 cm³/mol. The molecule has 0 saturated heterocycles. The molecule has 0 radical (unpaired) electrons. The van der Waals surface area contributed by atoms with Crippen molar-refractivity contribution in [3.63, 3.8) is 0 Å². The van der Waals surface area contributed by atoms with Crippen LogP contribution in [-0.2, 0) is 0 Å². The summed E-state index contributed by atoms with van der Waals surface area (Å²) in [5, 5.41) is 0. The van der Waals surface area contributed by atoms with Crippen LogP contribution in [-0.4, -0.2) is 38.2 Å². The molecule has 148 valence electrons. The average Bonchev–Trinajstić information content (AvgIpc) is 2.71. The minimum absolute atomic E-state index is 0.0288. The second-order valence-corrected chi connectivity index (χ2v) is 6.30. The van der Waals surface area contributed by atoms with Gasteiger partial charge >= 0.3 is 0 Å². The first-order valence-electron chi connectivity index (χ1n) is 8.83. The summed E-state index contributed by atoms with van der Waals surface area (Å²) in [6.45, 7) is 4.69. The first-order chi connectivity index (χ1) is 13.5. The minimum Gasteiger partial charge on any atom is -0.493 e. The highest BCUT2D eigenvalue weighted by Crippen LogP contribution is 2.31.